The van der Waals surface area contributed by atoms with Gasteiger partial charge < -0.3 is 10.2 Å². The van der Waals surface area contributed by atoms with Crippen molar-refractivity contribution in [3.63, 3.8) is 0 Å². The molecule has 29 heavy (non-hydrogen) atoms. The van der Waals surface area contributed by atoms with Crippen LogP contribution in [0.1, 0.15) is 38.8 Å². The van der Waals surface area contributed by atoms with E-state index in [-0.39, 0.29) is 24.2 Å². The second kappa shape index (κ2) is 9.59. The summed E-state index contributed by atoms with van der Waals surface area (Å²) in [6.07, 6.45) is 2.89. The van der Waals surface area contributed by atoms with Crippen molar-refractivity contribution in [1.29, 1.82) is 0 Å². The highest BCUT2D eigenvalue weighted by atomic mass is 19.1. The minimum absolute atomic E-state index is 0.183. The molecule has 0 aliphatic carbocycles. The van der Waals surface area contributed by atoms with Crippen molar-refractivity contribution >= 4 is 11.8 Å². The van der Waals surface area contributed by atoms with Gasteiger partial charge in [0.25, 0.3) is 11.8 Å². The van der Waals surface area contributed by atoms with Crippen LogP contribution in [0, 0.1) is 5.82 Å². The van der Waals surface area contributed by atoms with Crippen LogP contribution in [0.25, 0.3) is 0 Å². The average molecular weight is 391 g/mol. The van der Waals surface area contributed by atoms with Crippen LogP contribution >= 0.6 is 0 Å². The van der Waals surface area contributed by atoms with Gasteiger partial charge in [0.05, 0.1) is 11.1 Å². The summed E-state index contributed by atoms with van der Waals surface area (Å²) in [7, 11) is 0. The smallest absolute Gasteiger partial charge is 0.255 e. The van der Waals surface area contributed by atoms with Gasteiger partial charge in [-0.1, -0.05) is 42.5 Å². The van der Waals surface area contributed by atoms with Crippen molar-refractivity contribution in [1.82, 2.24) is 15.2 Å². The van der Waals surface area contributed by atoms with E-state index in [1.54, 1.807) is 23.1 Å². The van der Waals surface area contributed by atoms with Crippen LogP contribution in [0.3, 0.4) is 0 Å². The van der Waals surface area contributed by atoms with Crippen molar-refractivity contribution in [2.24, 2.45) is 0 Å². The van der Waals surface area contributed by atoms with Crippen LogP contribution < -0.4 is 5.32 Å². The Labute approximate surface area is 169 Å². The lowest BCUT2D eigenvalue weighted by atomic mass is 10.1. The minimum atomic E-state index is -0.345. The summed E-state index contributed by atoms with van der Waals surface area (Å²) in [5.74, 6) is -0.855. The molecule has 2 amide bonds. The fraction of sp³-hybridized carbons (Fsp3) is 0.174. The molecule has 0 saturated carbocycles. The maximum absolute atomic E-state index is 13.0. The Morgan fingerprint density at radius 3 is 2.34 bits per heavy atom. The average Bonchev–Trinajstić information content (AvgIpc) is 2.77. The van der Waals surface area contributed by atoms with E-state index in [4.69, 9.17) is 0 Å². The number of benzene rings is 2. The molecule has 1 N–H and O–H groups in total. The maximum atomic E-state index is 13.0. The van der Waals surface area contributed by atoms with Crippen LogP contribution in [0.5, 0.6) is 0 Å². The van der Waals surface area contributed by atoms with Crippen molar-refractivity contribution in [3.05, 3.63) is 101 Å². The number of halogens is 1. The molecule has 0 spiro atoms. The number of rotatable bonds is 7. The summed E-state index contributed by atoms with van der Waals surface area (Å²) in [4.78, 5) is 31.1. The number of nitrogens with zero attached hydrogens (tertiary/aromatic N) is 2. The van der Waals surface area contributed by atoms with Gasteiger partial charge in [-0.15, -0.1) is 0 Å². The van der Waals surface area contributed by atoms with Crippen LogP contribution in [-0.4, -0.2) is 28.2 Å². The predicted molar refractivity (Wildman–Crippen MR) is 109 cm³/mol. The van der Waals surface area contributed by atoms with E-state index in [2.05, 4.69) is 10.3 Å². The van der Waals surface area contributed by atoms with Gasteiger partial charge in [-0.05, 0) is 36.2 Å². The SMILES string of the molecule is CCN(Cc1ccccc1)C(=O)c1cncc(C(=O)NCc2ccc(F)cc2)c1. The van der Waals surface area contributed by atoms with Gasteiger partial charge in [0, 0.05) is 32.0 Å². The number of carbonyl (C=O) groups is 2. The summed E-state index contributed by atoms with van der Waals surface area (Å²) in [5.41, 5.74) is 2.47. The summed E-state index contributed by atoms with van der Waals surface area (Å²) in [6.45, 7) is 3.19. The molecule has 0 aliphatic rings. The quantitative estimate of drug-likeness (QED) is 0.666. The maximum Gasteiger partial charge on any atom is 0.255 e. The van der Waals surface area contributed by atoms with E-state index in [9.17, 15) is 14.0 Å². The number of pyridine rings is 1. The minimum Gasteiger partial charge on any atom is -0.348 e. The summed E-state index contributed by atoms with van der Waals surface area (Å²) in [6, 6.07) is 17.2. The Morgan fingerprint density at radius 2 is 1.66 bits per heavy atom. The molecule has 0 bridgehead atoms. The zero-order valence-electron chi connectivity index (χ0n) is 16.1. The van der Waals surface area contributed by atoms with Crippen molar-refractivity contribution in [3.8, 4) is 0 Å². The molecule has 0 fully saturated rings. The van der Waals surface area contributed by atoms with Crippen molar-refractivity contribution in [2.45, 2.75) is 20.0 Å². The molecular weight excluding hydrogens is 369 g/mol. The third-order valence-electron chi connectivity index (χ3n) is 4.50. The molecular formula is C23H22FN3O2. The standard InChI is InChI=1S/C23H22FN3O2/c1-2-27(16-18-6-4-3-5-7-18)23(29)20-12-19(14-25-15-20)22(28)26-13-17-8-10-21(24)11-9-17/h3-12,14-15H,2,13,16H2,1H3,(H,26,28). The lowest BCUT2D eigenvalue weighted by Crippen LogP contribution is -2.31. The molecule has 0 saturated heterocycles. The molecule has 3 rings (SSSR count). The number of nitrogens with one attached hydrogen (secondary N) is 1. The zero-order chi connectivity index (χ0) is 20.6. The van der Waals surface area contributed by atoms with Gasteiger partial charge in [0.2, 0.25) is 0 Å². The second-order valence-corrected chi connectivity index (χ2v) is 6.58. The number of hydrogen-bond donors (Lipinski definition) is 1. The van der Waals surface area contributed by atoms with E-state index in [1.165, 1.54) is 24.5 Å². The van der Waals surface area contributed by atoms with Gasteiger partial charge in [0.15, 0.2) is 0 Å². The Balaban J connectivity index is 1.67. The normalized spacial score (nSPS) is 10.4. The first-order valence-electron chi connectivity index (χ1n) is 9.37. The third kappa shape index (κ3) is 5.48. The van der Waals surface area contributed by atoms with Crippen LogP contribution in [0.15, 0.2) is 73.1 Å². The van der Waals surface area contributed by atoms with Gasteiger partial charge in [-0.3, -0.25) is 14.6 Å². The topological polar surface area (TPSA) is 62.3 Å². The largest absolute Gasteiger partial charge is 0.348 e. The first-order chi connectivity index (χ1) is 14.1. The first-order valence-corrected chi connectivity index (χ1v) is 9.37. The van der Waals surface area contributed by atoms with E-state index >= 15 is 0 Å². The molecule has 0 atom stereocenters. The molecule has 148 valence electrons. The van der Waals surface area contributed by atoms with E-state index < -0.39 is 0 Å². The molecule has 1 aromatic heterocycles. The fourth-order valence-electron chi connectivity index (χ4n) is 2.88. The van der Waals surface area contributed by atoms with Gasteiger partial charge >= 0.3 is 0 Å². The molecule has 6 heteroatoms. The Bertz CT molecular complexity index is 975. The number of aromatic nitrogens is 1. The molecule has 5 nitrogen and oxygen atoms in total. The van der Waals surface area contributed by atoms with Crippen molar-refractivity contribution in [2.75, 3.05) is 6.54 Å². The number of hydrogen-bond acceptors (Lipinski definition) is 3. The highest BCUT2D eigenvalue weighted by Gasteiger charge is 2.17. The fourth-order valence-corrected chi connectivity index (χ4v) is 2.88. The Morgan fingerprint density at radius 1 is 0.966 bits per heavy atom. The summed E-state index contributed by atoms with van der Waals surface area (Å²) in [5, 5.41) is 2.76. The summed E-state index contributed by atoms with van der Waals surface area (Å²) >= 11 is 0. The number of carbonyl (C=O) groups excluding carboxylic acids is 2. The molecule has 2 aromatic carbocycles. The van der Waals surface area contributed by atoms with Crippen LogP contribution in [0.2, 0.25) is 0 Å². The highest BCUT2D eigenvalue weighted by molar-refractivity contribution is 5.99. The molecule has 0 unspecified atom stereocenters. The molecule has 3 aromatic rings. The van der Waals surface area contributed by atoms with E-state index in [1.807, 2.05) is 37.3 Å². The zero-order valence-corrected chi connectivity index (χ0v) is 16.1. The second-order valence-electron chi connectivity index (χ2n) is 6.58. The van der Waals surface area contributed by atoms with Crippen LogP contribution in [0.4, 0.5) is 4.39 Å². The van der Waals surface area contributed by atoms with Crippen molar-refractivity contribution < 1.29 is 14.0 Å². The Hall–Kier alpha value is -3.54. The van der Waals surface area contributed by atoms with E-state index in [0.717, 1.165) is 11.1 Å². The summed E-state index contributed by atoms with van der Waals surface area (Å²) < 4.78 is 13.0. The van der Waals surface area contributed by atoms with Gasteiger partial charge in [-0.2, -0.15) is 0 Å². The van der Waals surface area contributed by atoms with Gasteiger partial charge in [0.1, 0.15) is 5.82 Å². The first kappa shape index (κ1) is 20.2. The third-order valence-corrected chi connectivity index (χ3v) is 4.50. The molecule has 0 radical (unpaired) electrons. The monoisotopic (exact) mass is 391 g/mol. The number of amides is 2. The Kier molecular flexibility index (Phi) is 6.68. The predicted octanol–water partition coefficient (Wildman–Crippen LogP) is 3.81. The van der Waals surface area contributed by atoms with E-state index in [0.29, 0.717) is 24.2 Å². The van der Waals surface area contributed by atoms with Crippen LogP contribution in [-0.2, 0) is 13.1 Å². The van der Waals surface area contributed by atoms with Gasteiger partial charge in [-0.25, -0.2) is 4.39 Å². The lowest BCUT2D eigenvalue weighted by molar-refractivity contribution is 0.0752. The lowest BCUT2D eigenvalue weighted by Gasteiger charge is -2.21. The molecule has 1 heterocycles. The molecule has 0 aliphatic heterocycles. The highest BCUT2D eigenvalue weighted by Crippen LogP contribution is 2.11.